The molecule has 118 valence electrons. The van der Waals surface area contributed by atoms with E-state index in [1.54, 1.807) is 12.1 Å². The highest BCUT2D eigenvalue weighted by atomic mass is 32.2. The molecule has 0 spiro atoms. The van der Waals surface area contributed by atoms with E-state index in [4.69, 9.17) is 4.18 Å². The smallest absolute Gasteiger partial charge is 0.306 e. The normalized spacial score (nSPS) is 11.3. The molecule has 0 radical (unpaired) electrons. The van der Waals surface area contributed by atoms with E-state index in [2.05, 4.69) is 11.4 Å². The van der Waals surface area contributed by atoms with Gasteiger partial charge in [0.15, 0.2) is 0 Å². The fourth-order valence-corrected chi connectivity index (χ4v) is 2.82. The average molecular weight is 327 g/mol. The molecule has 0 aliphatic heterocycles. The van der Waals surface area contributed by atoms with Crippen molar-refractivity contribution in [1.82, 2.24) is 0 Å². The lowest BCUT2D eigenvalue weighted by Gasteiger charge is -2.08. The maximum Gasteiger partial charge on any atom is 0.306 e. The molecule has 0 heterocycles. The van der Waals surface area contributed by atoms with Crippen LogP contribution in [0.2, 0.25) is 0 Å². The third-order valence-electron chi connectivity index (χ3n) is 3.39. The fourth-order valence-electron chi connectivity index (χ4n) is 2.37. The van der Waals surface area contributed by atoms with E-state index in [-0.39, 0.29) is 0 Å². The predicted octanol–water partition coefficient (Wildman–Crippen LogP) is 3.79. The minimum Gasteiger partial charge on any atom is -0.383 e. The van der Waals surface area contributed by atoms with Gasteiger partial charge in [0.1, 0.15) is 5.75 Å². The van der Waals surface area contributed by atoms with Crippen molar-refractivity contribution in [3.63, 3.8) is 0 Å². The summed E-state index contributed by atoms with van der Waals surface area (Å²) in [5.41, 5.74) is 2.22. The summed E-state index contributed by atoms with van der Waals surface area (Å²) in [6.07, 6.45) is 1.04. The van der Waals surface area contributed by atoms with Crippen LogP contribution in [0.15, 0.2) is 66.7 Å². The predicted molar refractivity (Wildman–Crippen MR) is 93.2 cm³/mol. The zero-order chi connectivity index (χ0) is 16.3. The van der Waals surface area contributed by atoms with E-state index in [1.807, 2.05) is 48.5 Å². The van der Waals surface area contributed by atoms with Crippen molar-refractivity contribution in [1.29, 1.82) is 0 Å². The largest absolute Gasteiger partial charge is 0.383 e. The summed E-state index contributed by atoms with van der Waals surface area (Å²) in [5.74, 6) is 0.329. The number of hydrogen-bond donors (Lipinski definition) is 1. The first-order chi connectivity index (χ1) is 11.0. The maximum absolute atomic E-state index is 11.2. The second kappa shape index (κ2) is 6.30. The highest BCUT2D eigenvalue weighted by Crippen LogP contribution is 2.23. The van der Waals surface area contributed by atoms with Gasteiger partial charge in [-0.25, -0.2) is 0 Å². The van der Waals surface area contributed by atoms with Crippen LogP contribution >= 0.6 is 0 Å². The number of benzene rings is 3. The summed E-state index contributed by atoms with van der Waals surface area (Å²) in [6, 6.07) is 21.3. The van der Waals surface area contributed by atoms with Crippen LogP contribution in [0.1, 0.15) is 5.56 Å². The number of fused-ring (bicyclic) bond motifs is 1. The van der Waals surface area contributed by atoms with E-state index < -0.39 is 10.1 Å². The summed E-state index contributed by atoms with van der Waals surface area (Å²) in [7, 11) is -3.50. The molecule has 3 rings (SSSR count). The van der Waals surface area contributed by atoms with Crippen molar-refractivity contribution >= 4 is 26.6 Å². The van der Waals surface area contributed by atoms with Crippen LogP contribution in [0.3, 0.4) is 0 Å². The number of hydrogen-bond acceptors (Lipinski definition) is 4. The molecule has 4 nitrogen and oxygen atoms in total. The average Bonchev–Trinajstić information content (AvgIpc) is 2.52. The molecule has 0 aromatic heterocycles. The molecule has 23 heavy (non-hydrogen) atoms. The van der Waals surface area contributed by atoms with E-state index in [0.29, 0.717) is 5.75 Å². The summed E-state index contributed by atoms with van der Waals surface area (Å²) < 4.78 is 27.3. The van der Waals surface area contributed by atoms with Gasteiger partial charge < -0.3 is 9.50 Å². The van der Waals surface area contributed by atoms with E-state index >= 15 is 0 Å². The first kappa shape index (κ1) is 15.4. The second-order valence-electron chi connectivity index (χ2n) is 5.35. The lowest BCUT2D eigenvalue weighted by atomic mass is 10.1. The van der Waals surface area contributed by atoms with Crippen molar-refractivity contribution in [2.75, 3.05) is 11.6 Å². The van der Waals surface area contributed by atoms with Crippen molar-refractivity contribution in [3.8, 4) is 5.75 Å². The lowest BCUT2D eigenvalue weighted by molar-refractivity contribution is 0.493. The SMILES string of the molecule is CS(=O)(=O)Oc1ccc2cc(CNc3ccccc3)ccc2c1. The standard InChI is InChI=1S/C18H17NO3S/c1-23(20,21)22-18-10-9-15-11-14(7-8-16(15)12-18)13-19-17-5-3-2-4-6-17/h2-12,19H,13H2,1H3. The minimum absolute atomic E-state index is 0.329. The zero-order valence-electron chi connectivity index (χ0n) is 12.7. The summed E-state index contributed by atoms with van der Waals surface area (Å²) >= 11 is 0. The molecule has 0 atom stereocenters. The lowest BCUT2D eigenvalue weighted by Crippen LogP contribution is -2.05. The number of anilines is 1. The van der Waals surface area contributed by atoms with Crippen molar-refractivity contribution in [3.05, 3.63) is 72.3 Å². The van der Waals surface area contributed by atoms with Crippen LogP contribution < -0.4 is 9.50 Å². The molecule has 5 heteroatoms. The molecule has 0 saturated carbocycles. The van der Waals surface area contributed by atoms with Gasteiger partial charge in [0.05, 0.1) is 6.26 Å². The van der Waals surface area contributed by atoms with Gasteiger partial charge in [-0.1, -0.05) is 36.4 Å². The Morgan fingerprint density at radius 1 is 0.913 bits per heavy atom. The molecule has 3 aromatic rings. The molecule has 1 N–H and O–H groups in total. The highest BCUT2D eigenvalue weighted by molar-refractivity contribution is 7.86. The van der Waals surface area contributed by atoms with Crippen LogP contribution in [0.25, 0.3) is 10.8 Å². The molecule has 0 unspecified atom stereocenters. The Morgan fingerprint density at radius 3 is 2.35 bits per heavy atom. The minimum atomic E-state index is -3.50. The molecule has 0 aliphatic carbocycles. The van der Waals surface area contributed by atoms with E-state index in [1.165, 1.54) is 0 Å². The Bertz CT molecular complexity index is 921. The maximum atomic E-state index is 11.2. The molecule has 0 bridgehead atoms. The highest BCUT2D eigenvalue weighted by Gasteiger charge is 2.05. The van der Waals surface area contributed by atoms with Gasteiger partial charge in [0.2, 0.25) is 0 Å². The van der Waals surface area contributed by atoms with Gasteiger partial charge in [-0.3, -0.25) is 0 Å². The van der Waals surface area contributed by atoms with Gasteiger partial charge in [0, 0.05) is 12.2 Å². The molecule has 0 amide bonds. The van der Waals surface area contributed by atoms with E-state index in [9.17, 15) is 8.42 Å². The molecule has 3 aromatic carbocycles. The van der Waals surface area contributed by atoms with Crippen LogP contribution in [0, 0.1) is 0 Å². The van der Waals surface area contributed by atoms with Crippen molar-refractivity contribution in [2.45, 2.75) is 6.54 Å². The second-order valence-corrected chi connectivity index (χ2v) is 6.93. The molecule has 0 aliphatic rings. The third-order valence-corrected chi connectivity index (χ3v) is 3.89. The first-order valence-corrected chi connectivity index (χ1v) is 9.02. The fraction of sp³-hybridized carbons (Fsp3) is 0.111. The molecule has 0 fully saturated rings. The van der Waals surface area contributed by atoms with Crippen LogP contribution in [0.5, 0.6) is 5.75 Å². The number of para-hydroxylation sites is 1. The summed E-state index contributed by atoms with van der Waals surface area (Å²) in [6.45, 7) is 0.724. The summed E-state index contributed by atoms with van der Waals surface area (Å²) in [5, 5.41) is 5.34. The monoisotopic (exact) mass is 327 g/mol. The van der Waals surface area contributed by atoms with Gasteiger partial charge in [0.25, 0.3) is 0 Å². The van der Waals surface area contributed by atoms with Gasteiger partial charge in [-0.2, -0.15) is 8.42 Å². The number of rotatable bonds is 5. The number of nitrogens with one attached hydrogen (secondary N) is 1. The first-order valence-electron chi connectivity index (χ1n) is 7.21. The Labute approximate surface area is 135 Å². The van der Waals surface area contributed by atoms with Crippen LogP contribution in [-0.2, 0) is 16.7 Å². The zero-order valence-corrected chi connectivity index (χ0v) is 13.5. The third kappa shape index (κ3) is 4.23. The van der Waals surface area contributed by atoms with Crippen LogP contribution in [-0.4, -0.2) is 14.7 Å². The molecular weight excluding hydrogens is 310 g/mol. The quantitative estimate of drug-likeness (QED) is 0.724. The van der Waals surface area contributed by atoms with Gasteiger partial charge in [-0.15, -0.1) is 0 Å². The van der Waals surface area contributed by atoms with Gasteiger partial charge in [-0.05, 0) is 46.7 Å². The Morgan fingerprint density at radius 2 is 1.61 bits per heavy atom. The van der Waals surface area contributed by atoms with Crippen molar-refractivity contribution < 1.29 is 12.6 Å². The van der Waals surface area contributed by atoms with Crippen LogP contribution in [0.4, 0.5) is 5.69 Å². The van der Waals surface area contributed by atoms with Crippen molar-refractivity contribution in [2.24, 2.45) is 0 Å². The topological polar surface area (TPSA) is 55.4 Å². The molecule has 0 saturated heterocycles. The van der Waals surface area contributed by atoms with E-state index in [0.717, 1.165) is 34.8 Å². The molecular formula is C18H17NO3S. The summed E-state index contributed by atoms with van der Waals surface area (Å²) in [4.78, 5) is 0. The Balaban J connectivity index is 1.78. The Kier molecular flexibility index (Phi) is 4.21. The Hall–Kier alpha value is -2.53. The van der Waals surface area contributed by atoms with Gasteiger partial charge >= 0.3 is 10.1 Å².